The Balaban J connectivity index is 1.64. The van der Waals surface area contributed by atoms with E-state index >= 15 is 0 Å². The second-order valence-corrected chi connectivity index (χ2v) is 6.65. The number of ether oxygens (including phenoxy) is 1. The molecule has 1 amide bonds. The van der Waals surface area contributed by atoms with Gasteiger partial charge in [0.1, 0.15) is 6.04 Å². The highest BCUT2D eigenvalue weighted by molar-refractivity contribution is 5.82. The molecule has 0 aliphatic carbocycles. The van der Waals surface area contributed by atoms with E-state index in [9.17, 15) is 10.1 Å². The highest BCUT2D eigenvalue weighted by Crippen LogP contribution is 2.27. The average Bonchev–Trinajstić information content (AvgIpc) is 2.74. The monoisotopic (exact) mass is 364 g/mol. The molecule has 1 aromatic carbocycles. The summed E-state index contributed by atoms with van der Waals surface area (Å²) in [6.45, 7) is 0.856. The molecular weight excluding hydrogens is 340 g/mol. The van der Waals surface area contributed by atoms with Crippen LogP contribution >= 0.6 is 0 Å². The second kappa shape index (κ2) is 9.15. The van der Waals surface area contributed by atoms with Crippen LogP contribution in [0.15, 0.2) is 42.6 Å². The minimum absolute atomic E-state index is 0.0852. The first-order valence-electron chi connectivity index (χ1n) is 9.23. The molecule has 6 heteroatoms. The second-order valence-electron chi connectivity index (χ2n) is 6.65. The van der Waals surface area contributed by atoms with Crippen molar-refractivity contribution in [2.24, 2.45) is 0 Å². The quantitative estimate of drug-likeness (QED) is 0.822. The number of rotatable bonds is 6. The van der Waals surface area contributed by atoms with E-state index in [1.165, 1.54) is 0 Å². The van der Waals surface area contributed by atoms with Gasteiger partial charge in [-0.1, -0.05) is 30.7 Å². The first-order chi connectivity index (χ1) is 13.2. The number of hydrogen-bond donors (Lipinski definition) is 2. The number of amides is 1. The van der Waals surface area contributed by atoms with E-state index < -0.39 is 6.04 Å². The Morgan fingerprint density at radius 3 is 2.85 bits per heavy atom. The van der Waals surface area contributed by atoms with Crippen molar-refractivity contribution in [1.82, 2.24) is 15.6 Å². The average molecular weight is 364 g/mol. The molecule has 27 heavy (non-hydrogen) atoms. The van der Waals surface area contributed by atoms with Crippen LogP contribution in [0, 0.1) is 11.3 Å². The van der Waals surface area contributed by atoms with Gasteiger partial charge in [0, 0.05) is 18.2 Å². The third-order valence-electron chi connectivity index (χ3n) is 4.77. The minimum atomic E-state index is -0.542. The number of nitriles is 1. The van der Waals surface area contributed by atoms with Crippen LogP contribution in [0.25, 0.3) is 11.1 Å². The number of nitrogens with one attached hydrogen (secondary N) is 2. The Kier molecular flexibility index (Phi) is 6.39. The Morgan fingerprint density at radius 1 is 1.37 bits per heavy atom. The summed E-state index contributed by atoms with van der Waals surface area (Å²) < 4.78 is 5.31. The van der Waals surface area contributed by atoms with Gasteiger partial charge in [-0.3, -0.25) is 4.79 Å². The maximum Gasteiger partial charge on any atom is 0.238 e. The summed E-state index contributed by atoms with van der Waals surface area (Å²) in [4.78, 5) is 16.5. The number of methoxy groups -OCH3 is 1. The molecule has 0 saturated carbocycles. The number of pyridine rings is 1. The summed E-state index contributed by atoms with van der Waals surface area (Å²) in [5, 5.41) is 15.5. The number of aromatic nitrogens is 1. The lowest BCUT2D eigenvalue weighted by Gasteiger charge is -2.23. The first kappa shape index (κ1) is 18.9. The standard InChI is InChI=1S/C21H24N4O2/c1-27-21-18(5-4-12-24-21)16-9-7-15(8-10-16)13-17(14-22)25-20(26)19-6-2-3-11-23-19/h4-5,7-10,12,17,19,23H,2-3,6,11,13H2,1H3,(H,25,26)/t17-,19-/m0/s1. The fourth-order valence-electron chi connectivity index (χ4n) is 3.31. The van der Waals surface area contributed by atoms with Crippen molar-refractivity contribution in [2.45, 2.75) is 37.8 Å². The zero-order valence-electron chi connectivity index (χ0n) is 15.4. The Hall–Kier alpha value is -2.91. The topological polar surface area (TPSA) is 87.0 Å². The van der Waals surface area contributed by atoms with Crippen LogP contribution < -0.4 is 15.4 Å². The lowest BCUT2D eigenvalue weighted by atomic mass is 10.0. The molecule has 2 heterocycles. The summed E-state index contributed by atoms with van der Waals surface area (Å²) in [7, 11) is 1.60. The summed E-state index contributed by atoms with van der Waals surface area (Å²) in [5.74, 6) is 0.491. The van der Waals surface area contributed by atoms with Crippen molar-refractivity contribution in [1.29, 1.82) is 5.26 Å². The molecular formula is C21H24N4O2. The van der Waals surface area contributed by atoms with Gasteiger partial charge in [0.2, 0.25) is 11.8 Å². The van der Waals surface area contributed by atoms with Crippen molar-refractivity contribution in [3.8, 4) is 23.1 Å². The summed E-state index contributed by atoms with van der Waals surface area (Å²) in [5.41, 5.74) is 2.90. The summed E-state index contributed by atoms with van der Waals surface area (Å²) >= 11 is 0. The fraction of sp³-hybridized carbons (Fsp3) is 0.381. The van der Waals surface area contributed by atoms with Crippen LogP contribution in [-0.4, -0.2) is 36.6 Å². The summed E-state index contributed by atoms with van der Waals surface area (Å²) in [6, 6.07) is 13.2. The van der Waals surface area contributed by atoms with Gasteiger partial charge < -0.3 is 15.4 Å². The van der Waals surface area contributed by atoms with E-state index in [1.807, 2.05) is 36.4 Å². The molecule has 1 aliphatic heterocycles. The number of carbonyl (C=O) groups excluding carboxylic acids is 1. The van der Waals surface area contributed by atoms with Gasteiger partial charge in [0.05, 0.1) is 19.2 Å². The van der Waals surface area contributed by atoms with Gasteiger partial charge in [-0.05, 0) is 42.6 Å². The molecule has 6 nitrogen and oxygen atoms in total. The van der Waals surface area contributed by atoms with Gasteiger partial charge in [-0.25, -0.2) is 4.98 Å². The van der Waals surface area contributed by atoms with Gasteiger partial charge >= 0.3 is 0 Å². The maximum atomic E-state index is 12.3. The molecule has 2 atom stereocenters. The maximum absolute atomic E-state index is 12.3. The Bertz CT molecular complexity index is 808. The van der Waals surface area contributed by atoms with E-state index in [4.69, 9.17) is 4.74 Å². The van der Waals surface area contributed by atoms with E-state index in [0.717, 1.165) is 42.5 Å². The molecule has 3 rings (SSSR count). The van der Waals surface area contributed by atoms with Crippen molar-refractivity contribution in [3.63, 3.8) is 0 Å². The number of benzene rings is 1. The van der Waals surface area contributed by atoms with Gasteiger partial charge in [-0.2, -0.15) is 5.26 Å². The highest BCUT2D eigenvalue weighted by atomic mass is 16.5. The van der Waals surface area contributed by atoms with E-state index in [1.54, 1.807) is 13.3 Å². The Labute approximate surface area is 159 Å². The van der Waals surface area contributed by atoms with Gasteiger partial charge in [0.15, 0.2) is 0 Å². The summed E-state index contributed by atoms with van der Waals surface area (Å²) in [6.07, 6.45) is 5.13. The molecule has 0 unspecified atom stereocenters. The number of piperidine rings is 1. The number of carbonyl (C=O) groups is 1. The minimum Gasteiger partial charge on any atom is -0.481 e. The lowest BCUT2D eigenvalue weighted by Crippen LogP contribution is -2.49. The van der Waals surface area contributed by atoms with E-state index in [-0.39, 0.29) is 11.9 Å². The third-order valence-corrected chi connectivity index (χ3v) is 4.77. The third kappa shape index (κ3) is 4.83. The number of nitrogens with zero attached hydrogens (tertiary/aromatic N) is 2. The van der Waals surface area contributed by atoms with Crippen molar-refractivity contribution in [3.05, 3.63) is 48.2 Å². The van der Waals surface area contributed by atoms with Crippen LogP contribution in [0.5, 0.6) is 5.88 Å². The van der Waals surface area contributed by atoms with Crippen molar-refractivity contribution in [2.75, 3.05) is 13.7 Å². The Morgan fingerprint density at radius 2 is 2.19 bits per heavy atom. The predicted molar refractivity (Wildman–Crippen MR) is 103 cm³/mol. The van der Waals surface area contributed by atoms with Crippen LogP contribution in [0.1, 0.15) is 24.8 Å². The molecule has 1 saturated heterocycles. The first-order valence-corrected chi connectivity index (χ1v) is 9.23. The highest BCUT2D eigenvalue weighted by Gasteiger charge is 2.23. The smallest absolute Gasteiger partial charge is 0.238 e. The molecule has 1 aliphatic rings. The zero-order chi connectivity index (χ0) is 19.1. The van der Waals surface area contributed by atoms with E-state index in [2.05, 4.69) is 21.7 Å². The molecule has 1 fully saturated rings. The van der Waals surface area contributed by atoms with Crippen LogP contribution in [0.3, 0.4) is 0 Å². The largest absolute Gasteiger partial charge is 0.481 e. The number of hydrogen-bond acceptors (Lipinski definition) is 5. The molecule has 0 bridgehead atoms. The molecule has 0 radical (unpaired) electrons. The molecule has 140 valence electrons. The van der Waals surface area contributed by atoms with Crippen LogP contribution in [-0.2, 0) is 11.2 Å². The van der Waals surface area contributed by atoms with Gasteiger partial charge in [-0.15, -0.1) is 0 Å². The van der Waals surface area contributed by atoms with Crippen molar-refractivity contribution >= 4 is 5.91 Å². The zero-order valence-corrected chi connectivity index (χ0v) is 15.4. The molecule has 2 aromatic rings. The predicted octanol–water partition coefficient (Wildman–Crippen LogP) is 2.45. The molecule has 1 aromatic heterocycles. The van der Waals surface area contributed by atoms with Crippen LogP contribution in [0.4, 0.5) is 0 Å². The lowest BCUT2D eigenvalue weighted by molar-refractivity contribution is -0.124. The van der Waals surface area contributed by atoms with E-state index in [0.29, 0.717) is 12.3 Å². The molecule has 2 N–H and O–H groups in total. The van der Waals surface area contributed by atoms with Crippen LogP contribution in [0.2, 0.25) is 0 Å². The fourth-order valence-corrected chi connectivity index (χ4v) is 3.31. The SMILES string of the molecule is COc1ncccc1-c1ccc(C[C@@H](C#N)NC(=O)[C@@H]2CCCCN2)cc1. The van der Waals surface area contributed by atoms with Gasteiger partial charge in [0.25, 0.3) is 0 Å². The normalized spacial score (nSPS) is 17.6. The molecule has 0 spiro atoms. The van der Waals surface area contributed by atoms with Crippen molar-refractivity contribution < 1.29 is 9.53 Å².